The van der Waals surface area contributed by atoms with Crippen molar-refractivity contribution in [3.8, 4) is 0 Å². The van der Waals surface area contributed by atoms with Crippen molar-refractivity contribution in [2.24, 2.45) is 10.9 Å². The molecular formula is C19H36N6S. The number of aromatic nitrogens is 3. The van der Waals surface area contributed by atoms with E-state index in [2.05, 4.69) is 50.5 Å². The molecule has 6 nitrogen and oxygen atoms in total. The zero-order valence-corrected chi connectivity index (χ0v) is 17.7. The van der Waals surface area contributed by atoms with Crippen molar-refractivity contribution < 1.29 is 0 Å². The van der Waals surface area contributed by atoms with E-state index >= 15 is 0 Å². The van der Waals surface area contributed by atoms with Crippen molar-refractivity contribution in [3.63, 3.8) is 0 Å². The molecule has 1 aliphatic carbocycles. The van der Waals surface area contributed by atoms with Crippen LogP contribution in [0.15, 0.2) is 10.1 Å². The summed E-state index contributed by atoms with van der Waals surface area (Å²) >= 11 is 1.71. The molecule has 1 aromatic heterocycles. The predicted molar refractivity (Wildman–Crippen MR) is 111 cm³/mol. The summed E-state index contributed by atoms with van der Waals surface area (Å²) in [7, 11) is 1.84. The summed E-state index contributed by atoms with van der Waals surface area (Å²) in [6.07, 6.45) is 11.7. The molecule has 2 rings (SSSR count). The topological polar surface area (TPSA) is 67.1 Å². The highest BCUT2D eigenvalue weighted by Crippen LogP contribution is 2.33. The van der Waals surface area contributed by atoms with Crippen molar-refractivity contribution in [3.05, 3.63) is 5.82 Å². The Morgan fingerprint density at radius 1 is 1.23 bits per heavy atom. The van der Waals surface area contributed by atoms with Crippen LogP contribution in [0.25, 0.3) is 0 Å². The van der Waals surface area contributed by atoms with Gasteiger partial charge in [-0.2, -0.15) is 0 Å². The summed E-state index contributed by atoms with van der Waals surface area (Å²) in [4.78, 5) is 4.33. The van der Waals surface area contributed by atoms with Crippen molar-refractivity contribution >= 4 is 17.7 Å². The molecule has 1 aliphatic rings. The molecule has 0 spiro atoms. The van der Waals surface area contributed by atoms with Crippen molar-refractivity contribution in [1.82, 2.24) is 25.4 Å². The molecular weight excluding hydrogens is 344 g/mol. The van der Waals surface area contributed by atoms with E-state index in [-0.39, 0.29) is 0 Å². The normalized spacial score (nSPS) is 15.8. The van der Waals surface area contributed by atoms with Crippen LogP contribution in [0, 0.1) is 5.92 Å². The highest BCUT2D eigenvalue weighted by Gasteiger charge is 2.23. The highest BCUT2D eigenvalue weighted by molar-refractivity contribution is 7.98. The number of rotatable bonds is 10. The van der Waals surface area contributed by atoms with Gasteiger partial charge in [-0.15, -0.1) is 10.2 Å². The van der Waals surface area contributed by atoms with Gasteiger partial charge in [0.15, 0.2) is 11.1 Å². The van der Waals surface area contributed by atoms with Crippen LogP contribution < -0.4 is 10.6 Å². The van der Waals surface area contributed by atoms with E-state index in [1.807, 2.05) is 7.05 Å². The summed E-state index contributed by atoms with van der Waals surface area (Å²) in [5, 5.41) is 16.8. The van der Waals surface area contributed by atoms with Gasteiger partial charge in [0.25, 0.3) is 0 Å². The SMILES string of the molecule is CCC(CC)CNC(=NC)NCCCc1nnc(SC)n1C1CCCC1. The maximum absolute atomic E-state index is 4.47. The second-order valence-corrected chi connectivity index (χ2v) is 7.85. The molecule has 0 bridgehead atoms. The Balaban J connectivity index is 1.79. The summed E-state index contributed by atoms with van der Waals surface area (Å²) < 4.78 is 2.40. The molecule has 0 amide bonds. The van der Waals surface area contributed by atoms with Crippen LogP contribution in [0.5, 0.6) is 0 Å². The summed E-state index contributed by atoms with van der Waals surface area (Å²) in [5.41, 5.74) is 0. The first-order valence-electron chi connectivity index (χ1n) is 10.2. The van der Waals surface area contributed by atoms with E-state index in [1.54, 1.807) is 11.8 Å². The number of aliphatic imine (C=N–C) groups is 1. The van der Waals surface area contributed by atoms with E-state index < -0.39 is 0 Å². The van der Waals surface area contributed by atoms with Crippen LogP contribution in [0.4, 0.5) is 0 Å². The molecule has 7 heteroatoms. The van der Waals surface area contributed by atoms with Gasteiger partial charge in [-0.25, -0.2) is 0 Å². The van der Waals surface area contributed by atoms with Gasteiger partial charge in [0, 0.05) is 32.6 Å². The molecule has 0 aromatic carbocycles. The van der Waals surface area contributed by atoms with Crippen LogP contribution in [0.2, 0.25) is 0 Å². The van der Waals surface area contributed by atoms with E-state index in [1.165, 1.54) is 38.5 Å². The first-order valence-corrected chi connectivity index (χ1v) is 11.4. The minimum atomic E-state index is 0.602. The number of thioether (sulfide) groups is 1. The fourth-order valence-corrected chi connectivity index (χ4v) is 4.21. The Hall–Kier alpha value is -1.24. The Labute approximate surface area is 163 Å². The zero-order valence-electron chi connectivity index (χ0n) is 16.9. The number of hydrogen-bond donors (Lipinski definition) is 2. The quantitative estimate of drug-likeness (QED) is 0.281. The fraction of sp³-hybridized carbons (Fsp3) is 0.842. The molecule has 1 fully saturated rings. The molecule has 0 radical (unpaired) electrons. The number of aryl methyl sites for hydroxylation is 1. The minimum absolute atomic E-state index is 0.602. The molecule has 0 atom stereocenters. The summed E-state index contributed by atoms with van der Waals surface area (Å²) in [6.45, 7) is 6.37. The highest BCUT2D eigenvalue weighted by atomic mass is 32.2. The van der Waals surface area contributed by atoms with Crippen LogP contribution in [0.3, 0.4) is 0 Å². The van der Waals surface area contributed by atoms with Crippen molar-refractivity contribution in [2.45, 2.75) is 76.4 Å². The molecule has 2 N–H and O–H groups in total. The van der Waals surface area contributed by atoms with Gasteiger partial charge in [0.2, 0.25) is 0 Å². The van der Waals surface area contributed by atoms with E-state index in [0.29, 0.717) is 12.0 Å². The van der Waals surface area contributed by atoms with E-state index in [4.69, 9.17) is 0 Å². The molecule has 1 saturated carbocycles. The molecule has 148 valence electrons. The van der Waals surface area contributed by atoms with Gasteiger partial charge in [-0.1, -0.05) is 51.3 Å². The average Bonchev–Trinajstić information content (AvgIpc) is 3.32. The molecule has 0 saturated heterocycles. The predicted octanol–water partition coefficient (Wildman–Crippen LogP) is 3.65. The first kappa shape index (κ1) is 21.1. The van der Waals surface area contributed by atoms with Crippen LogP contribution in [-0.2, 0) is 6.42 Å². The van der Waals surface area contributed by atoms with Crippen molar-refractivity contribution in [2.75, 3.05) is 26.4 Å². The lowest BCUT2D eigenvalue weighted by Crippen LogP contribution is -2.40. The third kappa shape index (κ3) is 5.89. The monoisotopic (exact) mass is 380 g/mol. The molecule has 0 aliphatic heterocycles. The van der Waals surface area contributed by atoms with E-state index in [9.17, 15) is 0 Å². The second-order valence-electron chi connectivity index (χ2n) is 7.08. The molecule has 1 aromatic rings. The van der Waals surface area contributed by atoms with Crippen LogP contribution >= 0.6 is 11.8 Å². The second kappa shape index (κ2) is 11.5. The van der Waals surface area contributed by atoms with Crippen LogP contribution in [-0.4, -0.2) is 47.1 Å². The summed E-state index contributed by atoms with van der Waals surface area (Å²) in [5.74, 6) is 2.76. The lowest BCUT2D eigenvalue weighted by atomic mass is 10.0. The number of hydrogen-bond acceptors (Lipinski definition) is 4. The Bertz CT molecular complexity index is 546. The smallest absolute Gasteiger partial charge is 0.191 e. The van der Waals surface area contributed by atoms with Gasteiger partial charge in [-0.3, -0.25) is 4.99 Å². The number of guanidine groups is 1. The third-order valence-electron chi connectivity index (χ3n) is 5.41. The van der Waals surface area contributed by atoms with Gasteiger partial charge in [0.1, 0.15) is 5.82 Å². The molecule has 1 heterocycles. The van der Waals surface area contributed by atoms with Crippen molar-refractivity contribution in [1.29, 1.82) is 0 Å². The zero-order chi connectivity index (χ0) is 18.8. The minimum Gasteiger partial charge on any atom is -0.356 e. The lowest BCUT2D eigenvalue weighted by Gasteiger charge is -2.17. The fourth-order valence-electron chi connectivity index (χ4n) is 3.64. The van der Waals surface area contributed by atoms with Gasteiger partial charge < -0.3 is 15.2 Å². The third-order valence-corrected chi connectivity index (χ3v) is 6.06. The van der Waals surface area contributed by atoms with Gasteiger partial charge in [-0.05, 0) is 31.4 Å². The lowest BCUT2D eigenvalue weighted by molar-refractivity contribution is 0.460. The summed E-state index contributed by atoms with van der Waals surface area (Å²) in [6, 6.07) is 0.602. The van der Waals surface area contributed by atoms with Crippen LogP contribution in [0.1, 0.15) is 70.7 Å². The maximum atomic E-state index is 4.47. The van der Waals surface area contributed by atoms with Gasteiger partial charge in [0.05, 0.1) is 0 Å². The maximum Gasteiger partial charge on any atom is 0.191 e. The standard InChI is InChI=1S/C19H36N6S/c1-5-15(6-2)14-22-18(20-3)21-13-9-12-17-23-24-19(26-4)25(17)16-10-7-8-11-16/h15-16H,5-14H2,1-4H3,(H2,20,21,22). The molecule has 26 heavy (non-hydrogen) atoms. The largest absolute Gasteiger partial charge is 0.356 e. The van der Waals surface area contributed by atoms with E-state index in [0.717, 1.165) is 42.9 Å². The Morgan fingerprint density at radius 2 is 1.96 bits per heavy atom. The number of nitrogens with zero attached hydrogens (tertiary/aromatic N) is 4. The first-order chi connectivity index (χ1) is 12.7. The molecule has 0 unspecified atom stereocenters. The average molecular weight is 381 g/mol. The number of nitrogens with one attached hydrogen (secondary N) is 2. The Kier molecular flexibility index (Phi) is 9.29. The Morgan fingerprint density at radius 3 is 2.58 bits per heavy atom. The van der Waals surface area contributed by atoms with Gasteiger partial charge >= 0.3 is 0 Å².